The number of hydrogen-bond acceptors (Lipinski definition) is 6. The predicted octanol–water partition coefficient (Wildman–Crippen LogP) is 2.28. The summed E-state index contributed by atoms with van der Waals surface area (Å²) < 4.78 is 47.8. The van der Waals surface area contributed by atoms with Gasteiger partial charge >= 0.3 is 11.1 Å². The predicted molar refractivity (Wildman–Crippen MR) is 120 cm³/mol. The van der Waals surface area contributed by atoms with Gasteiger partial charge in [-0.1, -0.05) is 6.07 Å². The Bertz CT molecular complexity index is 1580. The maximum absolute atomic E-state index is 13.5. The minimum atomic E-state index is -3.78. The zero-order valence-electron chi connectivity index (χ0n) is 18.1. The molecular formula is C22H21FN4O5S. The second kappa shape index (κ2) is 8.41. The lowest BCUT2D eigenvalue weighted by Crippen LogP contribution is -2.41. The van der Waals surface area contributed by atoms with Crippen molar-refractivity contribution in [1.29, 1.82) is 0 Å². The van der Waals surface area contributed by atoms with Crippen molar-refractivity contribution in [1.82, 2.24) is 18.4 Å². The quantitative estimate of drug-likeness (QED) is 0.399. The van der Waals surface area contributed by atoms with Gasteiger partial charge in [0.2, 0.25) is 15.9 Å². The highest BCUT2D eigenvalue weighted by atomic mass is 32.2. The standard InChI is InChI=1S/C22H21FN4O5S/c1-4-26-18-9-8-17(33(30,31)25(2)3)11-19(18)27(22(29)21(26)28)12-16-13-32-20(24-16)14-6-5-7-15(23)10-14/h5-11,13H,4,12H2,1-3H3. The normalized spacial score (nSPS) is 12.0. The van der Waals surface area contributed by atoms with Crippen molar-refractivity contribution >= 4 is 21.1 Å². The average Bonchev–Trinajstić information content (AvgIpc) is 3.25. The van der Waals surface area contributed by atoms with Crippen LogP contribution in [0.1, 0.15) is 12.6 Å². The molecule has 0 radical (unpaired) electrons. The smallest absolute Gasteiger partial charge is 0.317 e. The van der Waals surface area contributed by atoms with Crippen molar-refractivity contribution in [3.05, 3.63) is 80.9 Å². The molecule has 172 valence electrons. The van der Waals surface area contributed by atoms with Crippen molar-refractivity contribution in [2.24, 2.45) is 0 Å². The first-order valence-electron chi connectivity index (χ1n) is 10.0. The number of sulfonamides is 1. The van der Waals surface area contributed by atoms with Crippen molar-refractivity contribution in [2.75, 3.05) is 14.1 Å². The summed E-state index contributed by atoms with van der Waals surface area (Å²) in [5, 5.41) is 0. The van der Waals surface area contributed by atoms with E-state index in [0.29, 0.717) is 16.8 Å². The molecule has 0 saturated heterocycles. The van der Waals surface area contributed by atoms with E-state index in [-0.39, 0.29) is 29.4 Å². The topological polar surface area (TPSA) is 107 Å². The Labute approximate surface area is 188 Å². The minimum Gasteiger partial charge on any atom is -0.444 e. The van der Waals surface area contributed by atoms with Gasteiger partial charge in [-0.3, -0.25) is 14.2 Å². The van der Waals surface area contributed by atoms with E-state index in [1.165, 1.54) is 65.9 Å². The Balaban J connectivity index is 1.89. The van der Waals surface area contributed by atoms with Crippen LogP contribution >= 0.6 is 0 Å². The molecule has 2 aromatic carbocycles. The second-order valence-electron chi connectivity index (χ2n) is 7.53. The Kier molecular flexibility index (Phi) is 5.76. The number of fused-ring (bicyclic) bond motifs is 1. The minimum absolute atomic E-state index is 0.0185. The van der Waals surface area contributed by atoms with Crippen LogP contribution in [0.5, 0.6) is 0 Å². The number of benzene rings is 2. The van der Waals surface area contributed by atoms with E-state index >= 15 is 0 Å². The zero-order valence-corrected chi connectivity index (χ0v) is 19.0. The van der Waals surface area contributed by atoms with E-state index in [1.807, 2.05) is 0 Å². The molecule has 0 aliphatic carbocycles. The number of hydrogen-bond donors (Lipinski definition) is 0. The first-order chi connectivity index (χ1) is 15.6. The Hall–Kier alpha value is -3.57. The largest absolute Gasteiger partial charge is 0.444 e. The van der Waals surface area contributed by atoms with Crippen LogP contribution in [0.15, 0.2) is 67.6 Å². The van der Waals surface area contributed by atoms with Crippen LogP contribution in [-0.2, 0) is 23.1 Å². The molecule has 2 aromatic heterocycles. The van der Waals surface area contributed by atoms with Crippen molar-refractivity contribution in [3.8, 4) is 11.5 Å². The van der Waals surface area contributed by atoms with E-state index < -0.39 is 27.0 Å². The lowest BCUT2D eigenvalue weighted by molar-refractivity contribution is 0.520. The molecular weight excluding hydrogens is 451 g/mol. The maximum atomic E-state index is 13.5. The molecule has 0 bridgehead atoms. The number of aryl methyl sites for hydroxylation is 1. The van der Waals surface area contributed by atoms with Gasteiger partial charge in [0, 0.05) is 26.2 Å². The summed E-state index contributed by atoms with van der Waals surface area (Å²) in [6.45, 7) is 1.82. The fourth-order valence-corrected chi connectivity index (χ4v) is 4.46. The first kappa shape index (κ1) is 22.6. The fourth-order valence-electron chi connectivity index (χ4n) is 3.54. The maximum Gasteiger partial charge on any atom is 0.317 e. The number of rotatable bonds is 6. The van der Waals surface area contributed by atoms with Crippen LogP contribution in [0.25, 0.3) is 22.5 Å². The molecule has 0 spiro atoms. The van der Waals surface area contributed by atoms with Gasteiger partial charge in [0.15, 0.2) is 0 Å². The third-order valence-electron chi connectivity index (χ3n) is 5.24. The van der Waals surface area contributed by atoms with Gasteiger partial charge in [0.1, 0.15) is 12.1 Å². The number of oxazole rings is 1. The number of aromatic nitrogens is 3. The van der Waals surface area contributed by atoms with Crippen LogP contribution in [0.3, 0.4) is 0 Å². The molecule has 0 aliphatic rings. The molecule has 4 aromatic rings. The molecule has 0 amide bonds. The van der Waals surface area contributed by atoms with Crippen LogP contribution < -0.4 is 11.1 Å². The van der Waals surface area contributed by atoms with Gasteiger partial charge in [-0.05, 0) is 43.3 Å². The number of halogens is 1. The second-order valence-corrected chi connectivity index (χ2v) is 9.68. The molecule has 4 rings (SSSR count). The molecule has 0 unspecified atom stereocenters. The Morgan fingerprint density at radius 3 is 2.42 bits per heavy atom. The van der Waals surface area contributed by atoms with Crippen LogP contribution in [-0.4, -0.2) is 40.9 Å². The molecule has 9 nitrogen and oxygen atoms in total. The Morgan fingerprint density at radius 1 is 1.03 bits per heavy atom. The highest BCUT2D eigenvalue weighted by molar-refractivity contribution is 7.89. The SMILES string of the molecule is CCn1c(=O)c(=O)n(Cc2coc(-c3cccc(F)c3)n2)c2cc(S(=O)(=O)N(C)C)ccc21. The summed E-state index contributed by atoms with van der Waals surface area (Å²) in [7, 11) is -0.964. The molecule has 0 fully saturated rings. The zero-order chi connectivity index (χ0) is 23.9. The third kappa shape index (κ3) is 4.00. The van der Waals surface area contributed by atoms with Gasteiger partial charge in [0.25, 0.3) is 0 Å². The monoisotopic (exact) mass is 472 g/mol. The molecule has 0 atom stereocenters. The first-order valence-corrected chi connectivity index (χ1v) is 11.5. The van der Waals surface area contributed by atoms with Crippen molar-refractivity contribution in [3.63, 3.8) is 0 Å². The summed E-state index contributed by atoms with van der Waals surface area (Å²) in [5.74, 6) is -0.299. The van der Waals surface area contributed by atoms with Gasteiger partial charge in [-0.25, -0.2) is 22.1 Å². The summed E-state index contributed by atoms with van der Waals surface area (Å²) in [6.07, 6.45) is 1.31. The summed E-state index contributed by atoms with van der Waals surface area (Å²) in [5.41, 5.74) is -0.152. The molecule has 0 N–H and O–H groups in total. The lowest BCUT2D eigenvalue weighted by atomic mass is 10.2. The molecule has 2 heterocycles. The molecule has 11 heteroatoms. The van der Waals surface area contributed by atoms with Gasteiger partial charge in [-0.15, -0.1) is 0 Å². The van der Waals surface area contributed by atoms with Gasteiger partial charge < -0.3 is 8.98 Å². The van der Waals surface area contributed by atoms with Gasteiger partial charge in [0.05, 0.1) is 28.2 Å². The van der Waals surface area contributed by atoms with Crippen LogP contribution in [0.4, 0.5) is 4.39 Å². The Morgan fingerprint density at radius 2 is 1.76 bits per heavy atom. The van der Waals surface area contributed by atoms with Crippen molar-refractivity contribution in [2.45, 2.75) is 24.9 Å². The highest BCUT2D eigenvalue weighted by Gasteiger charge is 2.21. The van der Waals surface area contributed by atoms with Gasteiger partial charge in [-0.2, -0.15) is 0 Å². The molecule has 0 aliphatic heterocycles. The van der Waals surface area contributed by atoms with E-state index in [9.17, 15) is 22.4 Å². The summed E-state index contributed by atoms with van der Waals surface area (Å²) in [4.78, 5) is 29.9. The third-order valence-corrected chi connectivity index (χ3v) is 7.05. The summed E-state index contributed by atoms with van der Waals surface area (Å²) >= 11 is 0. The van der Waals surface area contributed by atoms with E-state index in [4.69, 9.17) is 4.42 Å². The lowest BCUT2D eigenvalue weighted by Gasteiger charge is -2.16. The number of nitrogens with zero attached hydrogens (tertiary/aromatic N) is 4. The molecule has 0 saturated carbocycles. The van der Waals surface area contributed by atoms with E-state index in [1.54, 1.807) is 13.0 Å². The average molecular weight is 472 g/mol. The van der Waals surface area contributed by atoms with E-state index in [0.717, 1.165) is 4.31 Å². The van der Waals surface area contributed by atoms with Crippen LogP contribution in [0.2, 0.25) is 0 Å². The van der Waals surface area contributed by atoms with Crippen molar-refractivity contribution < 1.29 is 17.2 Å². The van der Waals surface area contributed by atoms with Crippen LogP contribution in [0, 0.1) is 5.82 Å². The van der Waals surface area contributed by atoms with E-state index in [2.05, 4.69) is 4.98 Å². The highest BCUT2D eigenvalue weighted by Crippen LogP contribution is 2.22. The summed E-state index contributed by atoms with van der Waals surface area (Å²) in [6, 6.07) is 9.97. The fraction of sp³-hybridized carbons (Fsp3) is 0.227. The molecule has 33 heavy (non-hydrogen) atoms.